The standard InChI is InChI=1S/C13H25O3P/c1-14-17(15-12-8-4-2-5-9-12)16-13-10-6-3-7-11-13/h12-13H,2-11H2,1H3. The van der Waals surface area contributed by atoms with Crippen molar-refractivity contribution in [2.75, 3.05) is 7.11 Å². The molecule has 17 heavy (non-hydrogen) atoms. The average molecular weight is 260 g/mol. The summed E-state index contributed by atoms with van der Waals surface area (Å²) in [5.41, 5.74) is 0. The lowest BCUT2D eigenvalue weighted by Crippen LogP contribution is -2.19. The molecule has 0 spiro atoms. The van der Waals surface area contributed by atoms with E-state index in [1.807, 2.05) is 0 Å². The molecule has 0 saturated heterocycles. The normalized spacial score (nSPS) is 24.4. The third-order valence-electron chi connectivity index (χ3n) is 3.72. The van der Waals surface area contributed by atoms with E-state index in [9.17, 15) is 0 Å². The van der Waals surface area contributed by atoms with Gasteiger partial charge in [-0.2, -0.15) is 0 Å². The van der Waals surface area contributed by atoms with Gasteiger partial charge >= 0.3 is 8.60 Å². The Bertz CT molecular complexity index is 181. The predicted octanol–water partition coefficient (Wildman–Crippen LogP) is 4.56. The van der Waals surface area contributed by atoms with Crippen molar-refractivity contribution in [1.29, 1.82) is 0 Å². The van der Waals surface area contributed by atoms with E-state index in [-0.39, 0.29) is 0 Å². The summed E-state index contributed by atoms with van der Waals surface area (Å²) in [6.45, 7) is 0. The van der Waals surface area contributed by atoms with Crippen LogP contribution >= 0.6 is 8.60 Å². The van der Waals surface area contributed by atoms with Crippen LogP contribution < -0.4 is 0 Å². The van der Waals surface area contributed by atoms with E-state index in [0.717, 1.165) is 0 Å². The van der Waals surface area contributed by atoms with Crippen molar-refractivity contribution in [3.63, 3.8) is 0 Å². The second kappa shape index (κ2) is 7.68. The predicted molar refractivity (Wildman–Crippen MR) is 69.8 cm³/mol. The summed E-state index contributed by atoms with van der Waals surface area (Å²) >= 11 is 0. The van der Waals surface area contributed by atoms with Crippen LogP contribution in [0.1, 0.15) is 64.2 Å². The van der Waals surface area contributed by atoms with Gasteiger partial charge in [0.25, 0.3) is 0 Å². The topological polar surface area (TPSA) is 27.7 Å². The smallest absolute Gasteiger partial charge is 0.316 e. The van der Waals surface area contributed by atoms with Gasteiger partial charge in [-0.3, -0.25) is 0 Å². The summed E-state index contributed by atoms with van der Waals surface area (Å²) in [6, 6.07) is 0. The van der Waals surface area contributed by atoms with Gasteiger partial charge in [0, 0.05) is 7.11 Å². The van der Waals surface area contributed by atoms with Crippen LogP contribution in [0.3, 0.4) is 0 Å². The van der Waals surface area contributed by atoms with E-state index in [1.54, 1.807) is 7.11 Å². The fourth-order valence-electron chi connectivity index (χ4n) is 2.70. The molecular formula is C13H25O3P. The number of hydrogen-bond acceptors (Lipinski definition) is 3. The molecule has 0 bridgehead atoms. The lowest BCUT2D eigenvalue weighted by atomic mass is 9.98. The summed E-state index contributed by atoms with van der Waals surface area (Å²) in [5.74, 6) is 0. The van der Waals surface area contributed by atoms with Gasteiger partial charge in [-0.15, -0.1) is 0 Å². The molecular weight excluding hydrogens is 235 g/mol. The summed E-state index contributed by atoms with van der Waals surface area (Å²) in [6.07, 6.45) is 13.3. The molecule has 0 aromatic carbocycles. The van der Waals surface area contributed by atoms with Crippen molar-refractivity contribution < 1.29 is 13.6 Å². The van der Waals surface area contributed by atoms with Gasteiger partial charge in [-0.05, 0) is 25.7 Å². The van der Waals surface area contributed by atoms with Gasteiger partial charge < -0.3 is 13.6 Å². The first kappa shape index (κ1) is 13.7. The maximum atomic E-state index is 5.96. The molecule has 0 aromatic heterocycles. The zero-order valence-electron chi connectivity index (χ0n) is 10.9. The Morgan fingerprint density at radius 1 is 0.706 bits per heavy atom. The zero-order chi connectivity index (χ0) is 11.9. The van der Waals surface area contributed by atoms with Crippen molar-refractivity contribution in [3.8, 4) is 0 Å². The third kappa shape index (κ3) is 4.82. The molecule has 0 heterocycles. The minimum atomic E-state index is -1.10. The van der Waals surface area contributed by atoms with Crippen molar-refractivity contribution in [3.05, 3.63) is 0 Å². The van der Waals surface area contributed by atoms with E-state index >= 15 is 0 Å². The molecule has 0 unspecified atom stereocenters. The van der Waals surface area contributed by atoms with Crippen LogP contribution in [-0.4, -0.2) is 19.3 Å². The van der Waals surface area contributed by atoms with E-state index in [4.69, 9.17) is 13.6 Å². The fourth-order valence-corrected chi connectivity index (χ4v) is 3.83. The lowest BCUT2D eigenvalue weighted by molar-refractivity contribution is 0.0690. The van der Waals surface area contributed by atoms with Gasteiger partial charge in [-0.1, -0.05) is 38.5 Å². The highest BCUT2D eigenvalue weighted by Crippen LogP contribution is 2.45. The zero-order valence-corrected chi connectivity index (χ0v) is 11.8. The van der Waals surface area contributed by atoms with E-state index < -0.39 is 8.60 Å². The maximum absolute atomic E-state index is 5.96. The highest BCUT2D eigenvalue weighted by molar-refractivity contribution is 7.41. The van der Waals surface area contributed by atoms with Crippen molar-refractivity contribution in [1.82, 2.24) is 0 Å². The first-order valence-corrected chi connectivity index (χ1v) is 8.16. The van der Waals surface area contributed by atoms with Crippen LogP contribution in [0.2, 0.25) is 0 Å². The van der Waals surface area contributed by atoms with Crippen LogP contribution in [0.15, 0.2) is 0 Å². The molecule has 100 valence electrons. The van der Waals surface area contributed by atoms with Gasteiger partial charge in [-0.25, -0.2) is 0 Å². The molecule has 2 fully saturated rings. The molecule has 4 heteroatoms. The minimum Gasteiger partial charge on any atom is -0.316 e. The second-order valence-corrected chi connectivity index (χ2v) is 6.37. The Morgan fingerprint density at radius 2 is 1.12 bits per heavy atom. The van der Waals surface area contributed by atoms with Crippen molar-refractivity contribution in [2.24, 2.45) is 0 Å². The molecule has 0 N–H and O–H groups in total. The molecule has 2 aliphatic carbocycles. The van der Waals surface area contributed by atoms with Crippen LogP contribution in [0.25, 0.3) is 0 Å². The summed E-state index contributed by atoms with van der Waals surface area (Å²) < 4.78 is 17.3. The summed E-state index contributed by atoms with van der Waals surface area (Å²) in [4.78, 5) is 0. The van der Waals surface area contributed by atoms with Crippen molar-refractivity contribution in [2.45, 2.75) is 76.4 Å². The number of rotatable bonds is 5. The third-order valence-corrected chi connectivity index (χ3v) is 4.96. The van der Waals surface area contributed by atoms with E-state index in [2.05, 4.69) is 0 Å². The molecule has 2 rings (SSSR count). The SMILES string of the molecule is COP(OC1CCCCC1)OC1CCCCC1. The molecule has 0 atom stereocenters. The molecule has 2 saturated carbocycles. The second-order valence-electron chi connectivity index (χ2n) is 5.14. The van der Waals surface area contributed by atoms with Crippen LogP contribution in [-0.2, 0) is 13.6 Å². The van der Waals surface area contributed by atoms with Crippen LogP contribution in [0, 0.1) is 0 Å². The maximum Gasteiger partial charge on any atom is 0.332 e. The first-order valence-electron chi connectivity index (χ1n) is 7.06. The fraction of sp³-hybridized carbons (Fsp3) is 1.00. The Hall–Kier alpha value is 0.310. The van der Waals surface area contributed by atoms with Gasteiger partial charge in [0.05, 0.1) is 12.2 Å². The largest absolute Gasteiger partial charge is 0.332 e. The molecule has 0 amide bonds. The summed E-state index contributed by atoms with van der Waals surface area (Å²) in [7, 11) is 0.602. The minimum absolute atomic E-state index is 0.374. The van der Waals surface area contributed by atoms with Gasteiger partial charge in [0.1, 0.15) is 0 Å². The van der Waals surface area contributed by atoms with E-state index in [0.29, 0.717) is 12.2 Å². The highest BCUT2D eigenvalue weighted by atomic mass is 31.2. The highest BCUT2D eigenvalue weighted by Gasteiger charge is 2.25. The Labute approximate surface area is 106 Å². The number of hydrogen-bond donors (Lipinski definition) is 0. The Morgan fingerprint density at radius 3 is 1.47 bits per heavy atom. The summed E-state index contributed by atoms with van der Waals surface area (Å²) in [5, 5.41) is 0. The monoisotopic (exact) mass is 260 g/mol. The molecule has 0 aliphatic heterocycles. The molecule has 0 radical (unpaired) electrons. The Kier molecular flexibility index (Phi) is 6.21. The average Bonchev–Trinajstić information content (AvgIpc) is 2.40. The van der Waals surface area contributed by atoms with Gasteiger partial charge in [0.15, 0.2) is 0 Å². The van der Waals surface area contributed by atoms with Crippen molar-refractivity contribution >= 4 is 8.60 Å². The van der Waals surface area contributed by atoms with Crippen LogP contribution in [0.4, 0.5) is 0 Å². The molecule has 3 nitrogen and oxygen atoms in total. The van der Waals surface area contributed by atoms with Crippen LogP contribution in [0.5, 0.6) is 0 Å². The van der Waals surface area contributed by atoms with E-state index in [1.165, 1.54) is 64.2 Å². The molecule has 0 aromatic rings. The lowest BCUT2D eigenvalue weighted by Gasteiger charge is -2.29. The first-order chi connectivity index (χ1) is 8.38. The molecule has 2 aliphatic rings. The van der Waals surface area contributed by atoms with Gasteiger partial charge in [0.2, 0.25) is 0 Å². The quantitative estimate of drug-likeness (QED) is 0.678. The Balaban J connectivity index is 1.71.